The number of likely N-dealkylation sites (N-methyl/N-ethyl adjacent to an activating group) is 1. The van der Waals surface area contributed by atoms with Gasteiger partial charge in [0.2, 0.25) is 5.91 Å². The Morgan fingerprint density at radius 2 is 1.77 bits per heavy atom. The van der Waals surface area contributed by atoms with Gasteiger partial charge in [0.1, 0.15) is 11.4 Å². The summed E-state index contributed by atoms with van der Waals surface area (Å²) in [5.74, 6) is -0.128. The SMILES string of the molecule is CCc1ccc(CN(C)C(=O)Cn2cnc3sc(-c4ccccc4)cc3c2=O)cc1. The predicted molar refractivity (Wildman–Crippen MR) is 122 cm³/mol. The fourth-order valence-corrected chi connectivity index (χ4v) is 4.32. The Kier molecular flexibility index (Phi) is 5.77. The van der Waals surface area contributed by atoms with Crippen LogP contribution in [0.5, 0.6) is 0 Å². The fraction of sp³-hybridized carbons (Fsp3) is 0.208. The predicted octanol–water partition coefficient (Wildman–Crippen LogP) is 4.35. The van der Waals surface area contributed by atoms with Gasteiger partial charge in [-0.25, -0.2) is 4.98 Å². The van der Waals surface area contributed by atoms with Crippen molar-refractivity contribution >= 4 is 27.5 Å². The van der Waals surface area contributed by atoms with Crippen LogP contribution >= 0.6 is 11.3 Å². The zero-order chi connectivity index (χ0) is 21.1. The lowest BCUT2D eigenvalue weighted by Crippen LogP contribution is -2.33. The van der Waals surface area contributed by atoms with E-state index in [1.807, 2.05) is 48.5 Å². The number of aromatic nitrogens is 2. The lowest BCUT2D eigenvalue weighted by atomic mass is 10.1. The van der Waals surface area contributed by atoms with Gasteiger partial charge in [0.25, 0.3) is 5.56 Å². The maximum absolute atomic E-state index is 12.9. The summed E-state index contributed by atoms with van der Waals surface area (Å²) in [6.45, 7) is 2.59. The summed E-state index contributed by atoms with van der Waals surface area (Å²) < 4.78 is 1.39. The van der Waals surface area contributed by atoms with E-state index in [0.29, 0.717) is 16.8 Å². The van der Waals surface area contributed by atoms with Crippen LogP contribution in [-0.4, -0.2) is 27.4 Å². The molecule has 5 nitrogen and oxygen atoms in total. The molecule has 4 rings (SSSR count). The van der Waals surface area contributed by atoms with Crippen LogP contribution in [0.3, 0.4) is 0 Å². The fourth-order valence-electron chi connectivity index (χ4n) is 3.33. The Bertz CT molecular complexity index is 1230. The number of carbonyl (C=O) groups is 1. The minimum atomic E-state index is -0.188. The van der Waals surface area contributed by atoms with E-state index in [4.69, 9.17) is 0 Å². The van der Waals surface area contributed by atoms with Crippen molar-refractivity contribution in [3.8, 4) is 10.4 Å². The smallest absolute Gasteiger partial charge is 0.262 e. The molecule has 0 aliphatic heterocycles. The number of hydrogen-bond acceptors (Lipinski definition) is 4. The molecule has 1 amide bonds. The van der Waals surface area contributed by atoms with Crippen molar-refractivity contribution in [3.05, 3.63) is 88.5 Å². The second-order valence-electron chi connectivity index (χ2n) is 7.29. The highest BCUT2D eigenvalue weighted by Gasteiger charge is 2.15. The van der Waals surface area contributed by atoms with Crippen LogP contribution in [0.1, 0.15) is 18.1 Å². The molecule has 30 heavy (non-hydrogen) atoms. The van der Waals surface area contributed by atoms with Crippen molar-refractivity contribution in [3.63, 3.8) is 0 Å². The van der Waals surface area contributed by atoms with Gasteiger partial charge in [-0.1, -0.05) is 61.5 Å². The maximum Gasteiger partial charge on any atom is 0.262 e. The molecule has 0 unspecified atom stereocenters. The summed E-state index contributed by atoms with van der Waals surface area (Å²) >= 11 is 1.48. The van der Waals surface area contributed by atoms with E-state index in [9.17, 15) is 9.59 Å². The van der Waals surface area contributed by atoms with E-state index in [0.717, 1.165) is 22.4 Å². The van der Waals surface area contributed by atoms with E-state index in [-0.39, 0.29) is 18.0 Å². The Morgan fingerprint density at radius 1 is 1.07 bits per heavy atom. The molecule has 0 atom stereocenters. The number of nitrogens with zero attached hydrogens (tertiary/aromatic N) is 3. The molecule has 0 radical (unpaired) electrons. The lowest BCUT2D eigenvalue weighted by Gasteiger charge is -2.18. The number of aryl methyl sites for hydroxylation is 1. The molecule has 4 aromatic rings. The number of benzene rings is 2. The molecule has 0 saturated carbocycles. The van der Waals surface area contributed by atoms with Crippen LogP contribution in [0.15, 0.2) is 71.8 Å². The number of thiophene rings is 1. The second-order valence-corrected chi connectivity index (χ2v) is 8.32. The standard InChI is InChI=1S/C24H23N3O2S/c1-3-17-9-11-18(12-10-17)14-26(2)22(28)15-27-16-25-23-20(24(27)29)13-21(30-23)19-7-5-4-6-8-19/h4-13,16H,3,14-15H2,1-2H3. The minimum absolute atomic E-state index is 0.0260. The van der Waals surface area contributed by atoms with Gasteiger partial charge in [-0.05, 0) is 29.2 Å². The first-order chi connectivity index (χ1) is 14.5. The Balaban J connectivity index is 1.52. The second kappa shape index (κ2) is 8.63. The molecule has 2 aromatic heterocycles. The molecule has 0 aliphatic carbocycles. The molecule has 152 valence electrons. The van der Waals surface area contributed by atoms with Gasteiger partial charge in [-0.15, -0.1) is 11.3 Å². The molecule has 0 bridgehead atoms. The normalized spacial score (nSPS) is 11.0. The van der Waals surface area contributed by atoms with Gasteiger partial charge in [0, 0.05) is 18.5 Å². The molecule has 6 heteroatoms. The third-order valence-corrected chi connectivity index (χ3v) is 6.25. The first kappa shape index (κ1) is 20.0. The van der Waals surface area contributed by atoms with Crippen LogP contribution in [-0.2, 0) is 24.3 Å². The van der Waals surface area contributed by atoms with Crippen LogP contribution in [0.25, 0.3) is 20.7 Å². The van der Waals surface area contributed by atoms with E-state index < -0.39 is 0 Å². The summed E-state index contributed by atoms with van der Waals surface area (Å²) in [6, 6.07) is 20.0. The maximum atomic E-state index is 12.9. The quantitative estimate of drug-likeness (QED) is 0.469. The van der Waals surface area contributed by atoms with Gasteiger partial charge in [0.15, 0.2) is 0 Å². The van der Waals surface area contributed by atoms with Crippen LogP contribution in [0, 0.1) is 0 Å². The van der Waals surface area contributed by atoms with Crippen LogP contribution in [0.4, 0.5) is 0 Å². The van der Waals surface area contributed by atoms with E-state index in [1.54, 1.807) is 11.9 Å². The zero-order valence-electron chi connectivity index (χ0n) is 17.0. The van der Waals surface area contributed by atoms with Crippen molar-refractivity contribution in [1.29, 1.82) is 0 Å². The van der Waals surface area contributed by atoms with Crippen LogP contribution < -0.4 is 5.56 Å². The van der Waals surface area contributed by atoms with Gasteiger partial charge in [-0.3, -0.25) is 14.2 Å². The molecule has 0 spiro atoms. The number of carbonyl (C=O) groups excluding carboxylic acids is 1. The summed E-state index contributed by atoms with van der Waals surface area (Å²) in [4.78, 5) is 33.3. The first-order valence-corrected chi connectivity index (χ1v) is 10.7. The highest BCUT2D eigenvalue weighted by molar-refractivity contribution is 7.21. The van der Waals surface area contributed by atoms with Crippen molar-refractivity contribution in [2.24, 2.45) is 0 Å². The van der Waals surface area contributed by atoms with E-state index in [2.05, 4.69) is 24.0 Å². The molecular weight excluding hydrogens is 394 g/mol. The van der Waals surface area contributed by atoms with Gasteiger partial charge in [-0.2, -0.15) is 0 Å². The Hall–Kier alpha value is -3.25. The molecule has 0 fully saturated rings. The van der Waals surface area contributed by atoms with Gasteiger partial charge in [0.05, 0.1) is 11.7 Å². The number of fused-ring (bicyclic) bond motifs is 1. The topological polar surface area (TPSA) is 55.2 Å². The summed E-state index contributed by atoms with van der Waals surface area (Å²) in [7, 11) is 1.76. The van der Waals surface area contributed by atoms with Crippen molar-refractivity contribution < 1.29 is 4.79 Å². The summed E-state index contributed by atoms with van der Waals surface area (Å²) in [6.07, 6.45) is 2.46. The average Bonchev–Trinajstić information content (AvgIpc) is 3.22. The average molecular weight is 418 g/mol. The molecule has 0 saturated heterocycles. The van der Waals surface area contributed by atoms with Crippen molar-refractivity contribution in [1.82, 2.24) is 14.5 Å². The van der Waals surface area contributed by atoms with Crippen molar-refractivity contribution in [2.75, 3.05) is 7.05 Å². The largest absolute Gasteiger partial charge is 0.340 e. The lowest BCUT2D eigenvalue weighted by molar-refractivity contribution is -0.131. The Labute approximate surface area is 179 Å². The van der Waals surface area contributed by atoms with E-state index in [1.165, 1.54) is 27.8 Å². The molecular formula is C24H23N3O2S. The number of amides is 1. The number of rotatable bonds is 6. The van der Waals surface area contributed by atoms with Gasteiger partial charge >= 0.3 is 0 Å². The monoisotopic (exact) mass is 417 g/mol. The molecule has 2 heterocycles. The summed E-state index contributed by atoms with van der Waals surface area (Å²) in [5.41, 5.74) is 3.20. The van der Waals surface area contributed by atoms with E-state index >= 15 is 0 Å². The zero-order valence-corrected chi connectivity index (χ0v) is 17.9. The Morgan fingerprint density at radius 3 is 2.47 bits per heavy atom. The molecule has 0 aliphatic rings. The number of hydrogen-bond donors (Lipinski definition) is 0. The summed E-state index contributed by atoms with van der Waals surface area (Å²) in [5, 5.41) is 0.548. The molecule has 2 aromatic carbocycles. The molecule has 0 N–H and O–H groups in total. The first-order valence-electron chi connectivity index (χ1n) is 9.91. The minimum Gasteiger partial charge on any atom is -0.340 e. The van der Waals surface area contributed by atoms with Crippen molar-refractivity contribution in [2.45, 2.75) is 26.4 Å². The van der Waals surface area contributed by atoms with Crippen LogP contribution in [0.2, 0.25) is 0 Å². The van der Waals surface area contributed by atoms with Gasteiger partial charge < -0.3 is 4.90 Å². The third-order valence-electron chi connectivity index (χ3n) is 5.16. The highest BCUT2D eigenvalue weighted by Crippen LogP contribution is 2.30. The third kappa shape index (κ3) is 4.19. The highest BCUT2D eigenvalue weighted by atomic mass is 32.1.